The Morgan fingerprint density at radius 1 is 0.408 bits per heavy atom. The smallest absolute Gasteiger partial charge is 0.000741 e. The van der Waals surface area contributed by atoms with Gasteiger partial charge >= 0.3 is 0 Å². The third-order valence-electron chi connectivity index (χ3n) is 10.6. The minimum absolute atomic E-state index is 1.03. The molecule has 0 N–H and O–H groups in total. The van der Waals surface area contributed by atoms with Gasteiger partial charge in [-0.25, -0.2) is 0 Å². The second kappa shape index (κ2) is 10.6. The molecule has 0 aromatic heterocycles. The zero-order valence-corrected chi connectivity index (χ0v) is 27.3. The van der Waals surface area contributed by atoms with Crippen LogP contribution in [0.3, 0.4) is 0 Å². The van der Waals surface area contributed by atoms with Crippen LogP contribution in [0.25, 0.3) is 88.3 Å². The normalized spacial score (nSPS) is 13.1. The fraction of sp³-hybridized carbons (Fsp3) is 0.0204. The van der Waals surface area contributed by atoms with E-state index < -0.39 is 0 Å². The van der Waals surface area contributed by atoms with Crippen molar-refractivity contribution in [1.29, 1.82) is 0 Å². The minimum Gasteiger partial charge on any atom is -0.0911 e. The van der Waals surface area contributed by atoms with E-state index in [9.17, 15) is 0 Å². The quantitative estimate of drug-likeness (QED) is 0.184. The Bertz CT molecular complexity index is 2610. The van der Waals surface area contributed by atoms with E-state index in [1.54, 1.807) is 0 Å². The summed E-state index contributed by atoms with van der Waals surface area (Å²) in [7, 11) is 0. The summed E-state index contributed by atoms with van der Waals surface area (Å²) < 4.78 is 0. The molecule has 0 bridgehead atoms. The summed E-state index contributed by atoms with van der Waals surface area (Å²) >= 11 is 0. The predicted octanol–water partition coefficient (Wildman–Crippen LogP) is 13.4. The highest BCUT2D eigenvalue weighted by atomic mass is 14.3. The van der Waals surface area contributed by atoms with Crippen LogP contribution in [0, 0.1) is 6.92 Å². The largest absolute Gasteiger partial charge is 0.0911 e. The van der Waals surface area contributed by atoms with Crippen molar-refractivity contribution in [2.45, 2.75) is 6.92 Å². The lowest BCUT2D eigenvalue weighted by molar-refractivity contribution is 1.44. The third kappa shape index (κ3) is 3.98. The maximum Gasteiger partial charge on any atom is -0.000741 e. The molecule has 0 nitrogen and oxygen atoms in total. The molecule has 0 atom stereocenters. The zero-order chi connectivity index (χ0) is 32.6. The van der Waals surface area contributed by atoms with Crippen LogP contribution < -0.4 is 0 Å². The van der Waals surface area contributed by atoms with E-state index in [0.29, 0.717) is 0 Å². The molecule has 49 heavy (non-hydrogen) atoms. The van der Waals surface area contributed by atoms with Gasteiger partial charge in [0.25, 0.3) is 0 Å². The zero-order valence-electron chi connectivity index (χ0n) is 27.3. The van der Waals surface area contributed by atoms with Gasteiger partial charge in [0.2, 0.25) is 0 Å². The summed E-state index contributed by atoms with van der Waals surface area (Å²) in [5, 5.41) is 5.10. The summed E-state index contributed by atoms with van der Waals surface area (Å²) in [6.07, 6.45) is 2.32. The number of allylic oxidation sites excluding steroid dienone is 2. The Kier molecular flexibility index (Phi) is 6.04. The average molecular weight is 621 g/mol. The molecule has 8 aromatic rings. The van der Waals surface area contributed by atoms with E-state index in [4.69, 9.17) is 6.58 Å². The van der Waals surface area contributed by atoms with Crippen molar-refractivity contribution in [3.63, 3.8) is 0 Å². The molecule has 0 heterocycles. The number of aryl methyl sites for hydroxylation is 1. The highest BCUT2D eigenvalue weighted by molar-refractivity contribution is 6.28. The van der Waals surface area contributed by atoms with Crippen molar-refractivity contribution in [2.75, 3.05) is 0 Å². The molecule has 2 aliphatic carbocycles. The molecule has 0 heteroatoms. The first-order valence-corrected chi connectivity index (χ1v) is 17.1. The Labute approximate surface area is 287 Å². The molecule has 0 fully saturated rings. The predicted molar refractivity (Wildman–Crippen MR) is 209 cm³/mol. The molecule has 0 amide bonds. The highest BCUT2D eigenvalue weighted by Gasteiger charge is 2.31. The molecule has 0 unspecified atom stereocenters. The second-order valence-corrected chi connectivity index (χ2v) is 13.3. The monoisotopic (exact) mass is 620 g/mol. The second-order valence-electron chi connectivity index (χ2n) is 13.3. The SMILES string of the molecule is C=C(/C=C1/c2ccccc2-c2cccc(C)c21)c1ccc2c3c(cccc13)-c1c-2c(-c2ccccc2)c2ccccc2c1-c1ccccc1. The molecule has 0 spiro atoms. The minimum atomic E-state index is 1.03. The van der Waals surface area contributed by atoms with E-state index in [1.807, 2.05) is 0 Å². The van der Waals surface area contributed by atoms with Gasteiger partial charge in [0.1, 0.15) is 0 Å². The molecular weight excluding hydrogens is 589 g/mol. The number of hydrogen-bond donors (Lipinski definition) is 0. The van der Waals surface area contributed by atoms with Crippen molar-refractivity contribution >= 4 is 32.7 Å². The maximum absolute atomic E-state index is 4.74. The molecule has 0 saturated carbocycles. The number of hydrogen-bond acceptors (Lipinski definition) is 0. The lowest BCUT2D eigenvalue weighted by Crippen LogP contribution is -1.93. The Balaban J connectivity index is 1.26. The van der Waals surface area contributed by atoms with E-state index in [-0.39, 0.29) is 0 Å². The summed E-state index contributed by atoms with van der Waals surface area (Å²) in [6.45, 7) is 6.96. The van der Waals surface area contributed by atoms with Gasteiger partial charge in [-0.15, -0.1) is 0 Å². The van der Waals surface area contributed by atoms with Gasteiger partial charge in [-0.05, 0) is 124 Å². The first-order chi connectivity index (χ1) is 24.2. The van der Waals surface area contributed by atoms with E-state index in [1.165, 1.54) is 105 Å². The van der Waals surface area contributed by atoms with Gasteiger partial charge in [-0.1, -0.05) is 164 Å². The summed E-state index contributed by atoms with van der Waals surface area (Å²) in [5.41, 5.74) is 20.2. The summed E-state index contributed by atoms with van der Waals surface area (Å²) in [6, 6.07) is 57.7. The van der Waals surface area contributed by atoms with Crippen molar-refractivity contribution in [3.05, 3.63) is 193 Å². The number of fused-ring (bicyclic) bond motifs is 7. The first kappa shape index (κ1) is 27.8. The van der Waals surface area contributed by atoms with Gasteiger partial charge in [0, 0.05) is 0 Å². The molecule has 228 valence electrons. The molecule has 0 radical (unpaired) electrons. The third-order valence-corrected chi connectivity index (χ3v) is 10.6. The van der Waals surface area contributed by atoms with Crippen LogP contribution in [0.2, 0.25) is 0 Å². The van der Waals surface area contributed by atoms with Gasteiger partial charge in [-0.3, -0.25) is 0 Å². The van der Waals surface area contributed by atoms with Crippen LogP contribution in [-0.4, -0.2) is 0 Å². The van der Waals surface area contributed by atoms with Crippen molar-refractivity contribution < 1.29 is 0 Å². The molecule has 0 aliphatic heterocycles. The van der Waals surface area contributed by atoms with Crippen LogP contribution in [0.5, 0.6) is 0 Å². The molecule has 10 rings (SSSR count). The van der Waals surface area contributed by atoms with Gasteiger partial charge < -0.3 is 0 Å². The van der Waals surface area contributed by atoms with Crippen LogP contribution in [0.4, 0.5) is 0 Å². The van der Waals surface area contributed by atoms with Gasteiger partial charge in [0.15, 0.2) is 0 Å². The highest BCUT2D eigenvalue weighted by Crippen LogP contribution is 2.58. The van der Waals surface area contributed by atoms with Crippen LogP contribution in [0.15, 0.2) is 170 Å². The lowest BCUT2D eigenvalue weighted by Gasteiger charge is -2.20. The Hall–Kier alpha value is -6.24. The topological polar surface area (TPSA) is 0 Å². The van der Waals surface area contributed by atoms with Gasteiger partial charge in [0.05, 0.1) is 0 Å². The van der Waals surface area contributed by atoms with Crippen molar-refractivity contribution in [3.8, 4) is 55.6 Å². The number of rotatable bonds is 4. The molecule has 2 aliphatic rings. The lowest BCUT2D eigenvalue weighted by atomic mass is 9.82. The van der Waals surface area contributed by atoms with Crippen molar-refractivity contribution in [2.24, 2.45) is 0 Å². The molecule has 8 aromatic carbocycles. The van der Waals surface area contributed by atoms with Gasteiger partial charge in [-0.2, -0.15) is 0 Å². The standard InChI is InChI=1S/C49H32/c1-30-15-13-24-38-35-20-9-10-21-36(35)43(44(30)38)29-31(2)34-27-28-42-47-37(34)25-14-26-41(47)48-45(32-16-5-3-6-17-32)39-22-11-12-23-40(39)46(49(42)48)33-18-7-4-8-19-33/h3-29H,2H2,1H3/b43-29-. The fourth-order valence-corrected chi connectivity index (χ4v) is 8.63. The van der Waals surface area contributed by atoms with E-state index in [2.05, 4.69) is 171 Å². The van der Waals surface area contributed by atoms with E-state index >= 15 is 0 Å². The maximum atomic E-state index is 4.74. The van der Waals surface area contributed by atoms with Crippen molar-refractivity contribution in [1.82, 2.24) is 0 Å². The number of benzene rings is 8. The Morgan fingerprint density at radius 2 is 0.918 bits per heavy atom. The Morgan fingerprint density at radius 3 is 1.59 bits per heavy atom. The average Bonchev–Trinajstić information content (AvgIpc) is 3.65. The van der Waals surface area contributed by atoms with Crippen LogP contribution >= 0.6 is 0 Å². The summed E-state index contributed by atoms with van der Waals surface area (Å²) in [5.74, 6) is 0. The van der Waals surface area contributed by atoms with E-state index in [0.717, 1.165) is 5.57 Å². The molecular formula is C49H32. The molecule has 0 saturated heterocycles. The van der Waals surface area contributed by atoms with Crippen LogP contribution in [0.1, 0.15) is 22.3 Å². The fourth-order valence-electron chi connectivity index (χ4n) is 8.63. The summed E-state index contributed by atoms with van der Waals surface area (Å²) in [4.78, 5) is 0. The first-order valence-electron chi connectivity index (χ1n) is 17.1. The van der Waals surface area contributed by atoms with Crippen LogP contribution in [-0.2, 0) is 0 Å².